The summed E-state index contributed by atoms with van der Waals surface area (Å²) in [5, 5.41) is 23.1. The lowest BCUT2D eigenvalue weighted by Crippen LogP contribution is -2.37. The molecule has 6 rings (SSSR count). The van der Waals surface area contributed by atoms with Crippen molar-refractivity contribution in [2.75, 3.05) is 5.73 Å². The van der Waals surface area contributed by atoms with E-state index in [1.165, 1.54) is 11.1 Å². The van der Waals surface area contributed by atoms with Crippen LogP contribution in [0.15, 0.2) is 66.3 Å². The minimum atomic E-state index is 0.0443. The van der Waals surface area contributed by atoms with Crippen LogP contribution in [-0.4, -0.2) is 36.1 Å². The minimum absolute atomic E-state index is 0.0443. The molecule has 1 aliphatic heterocycles. The Bertz CT molecular complexity index is 1460. The number of hydrogen-bond acceptors (Lipinski definition) is 7. The summed E-state index contributed by atoms with van der Waals surface area (Å²) in [4.78, 5) is 8.89. The number of benzene rings is 1. The van der Waals surface area contributed by atoms with Crippen LogP contribution in [0.3, 0.4) is 0 Å². The molecular weight excluding hydrogens is 452 g/mol. The van der Waals surface area contributed by atoms with E-state index in [0.29, 0.717) is 10.8 Å². The van der Waals surface area contributed by atoms with Gasteiger partial charge in [-0.1, -0.05) is 11.6 Å². The fourth-order valence-electron chi connectivity index (χ4n) is 4.78. The number of allylic oxidation sites excluding steroid dienone is 1. The second-order valence-electron chi connectivity index (χ2n) is 8.41. The Labute approximate surface area is 199 Å². The maximum Gasteiger partial charge on any atom is 0.245 e. The zero-order valence-electron chi connectivity index (χ0n) is 18.0. The van der Waals surface area contributed by atoms with E-state index in [0.717, 1.165) is 64.2 Å². The zero-order chi connectivity index (χ0) is 23.2. The molecule has 2 aliphatic rings. The first kappa shape index (κ1) is 20.5. The number of fused-ring (bicyclic) bond motifs is 1. The van der Waals surface area contributed by atoms with Gasteiger partial charge in [-0.15, -0.1) is 5.10 Å². The van der Waals surface area contributed by atoms with Gasteiger partial charge in [0.2, 0.25) is 11.9 Å². The number of hydrogen-bond donors (Lipinski definition) is 2. The van der Waals surface area contributed by atoms with Crippen molar-refractivity contribution in [2.45, 2.75) is 25.2 Å². The van der Waals surface area contributed by atoms with Crippen molar-refractivity contribution in [2.24, 2.45) is 4.99 Å². The molecule has 34 heavy (non-hydrogen) atoms. The number of nitrogens with two attached hydrogens (primary N) is 1. The Morgan fingerprint density at radius 2 is 2.06 bits per heavy atom. The molecule has 0 radical (unpaired) electrons. The van der Waals surface area contributed by atoms with Gasteiger partial charge < -0.3 is 5.73 Å². The quantitative estimate of drug-likeness (QED) is 0.348. The molecule has 1 aromatic carbocycles. The molecule has 10 heteroatoms. The molecule has 1 aliphatic carbocycles. The van der Waals surface area contributed by atoms with Crippen molar-refractivity contribution in [1.29, 1.82) is 0 Å². The van der Waals surface area contributed by atoms with E-state index >= 15 is 0 Å². The van der Waals surface area contributed by atoms with Crippen LogP contribution in [0.25, 0.3) is 22.4 Å². The molecule has 0 saturated carbocycles. The highest BCUT2D eigenvalue weighted by atomic mass is 35.5. The highest BCUT2D eigenvalue weighted by Gasteiger charge is 2.38. The van der Waals surface area contributed by atoms with Crippen LogP contribution in [0, 0.1) is 0 Å². The Morgan fingerprint density at radius 1 is 1.15 bits per heavy atom. The second kappa shape index (κ2) is 8.03. The monoisotopic (exact) mass is 471 g/mol. The Morgan fingerprint density at radius 3 is 2.85 bits per heavy atom. The van der Waals surface area contributed by atoms with Crippen molar-refractivity contribution < 1.29 is 9.94 Å². The number of nitrogen functional groups attached to an aromatic ring is 1. The highest BCUT2D eigenvalue weighted by Crippen LogP contribution is 2.39. The first-order valence-corrected chi connectivity index (χ1v) is 11.2. The molecule has 0 saturated heterocycles. The number of pyridine rings is 2. The predicted molar refractivity (Wildman–Crippen MR) is 127 cm³/mol. The summed E-state index contributed by atoms with van der Waals surface area (Å²) in [5.74, 6) is 0.538. The fraction of sp³-hybridized carbons (Fsp3) is 0.167. The first-order chi connectivity index (χ1) is 16.6. The predicted octanol–water partition coefficient (Wildman–Crippen LogP) is 3.40. The molecular formula is C24H20ClN8O+. The molecule has 0 spiro atoms. The molecule has 0 amide bonds. The third-order valence-corrected chi connectivity index (χ3v) is 6.62. The summed E-state index contributed by atoms with van der Waals surface area (Å²) < 4.78 is 2.81. The third-order valence-electron chi connectivity index (χ3n) is 6.38. The molecule has 0 bridgehead atoms. The minimum Gasteiger partial charge on any atom is -0.384 e. The van der Waals surface area contributed by atoms with Crippen molar-refractivity contribution in [1.82, 2.24) is 25.2 Å². The molecule has 168 valence electrons. The topological polar surface area (TPSA) is 119 Å². The summed E-state index contributed by atoms with van der Waals surface area (Å²) in [6, 6.07) is 11.4. The van der Waals surface area contributed by atoms with Gasteiger partial charge in [0.05, 0.1) is 17.2 Å². The number of aromatic nitrogens is 6. The molecule has 0 fully saturated rings. The SMILES string of the molecule is Nc1ccc(C2=CN=C(C3CCc4cc(-c5cc(Cl)ccc5-n5cnnn5)c[n+](O)c43)C2)cn1. The number of aryl methyl sites for hydroxylation is 1. The van der Waals surface area contributed by atoms with Crippen molar-refractivity contribution >= 4 is 28.7 Å². The first-order valence-electron chi connectivity index (χ1n) is 10.9. The third kappa shape index (κ3) is 3.50. The number of nitrogens with zero attached hydrogens (tertiary/aromatic N) is 7. The number of rotatable bonds is 4. The van der Waals surface area contributed by atoms with Gasteiger partial charge in [0.1, 0.15) is 12.1 Å². The van der Waals surface area contributed by atoms with Gasteiger partial charge in [-0.2, -0.15) is 4.68 Å². The summed E-state index contributed by atoms with van der Waals surface area (Å²) >= 11 is 6.30. The number of anilines is 1. The smallest absolute Gasteiger partial charge is 0.245 e. The van der Waals surface area contributed by atoms with Gasteiger partial charge in [-0.05, 0) is 70.8 Å². The number of aliphatic imine (C=N–C) groups is 1. The van der Waals surface area contributed by atoms with E-state index in [-0.39, 0.29) is 5.92 Å². The number of tetrazole rings is 1. The number of halogens is 1. The summed E-state index contributed by atoms with van der Waals surface area (Å²) in [7, 11) is 0. The molecule has 1 atom stereocenters. The van der Waals surface area contributed by atoms with Gasteiger partial charge in [0.25, 0.3) is 0 Å². The van der Waals surface area contributed by atoms with Crippen LogP contribution in [0.2, 0.25) is 5.02 Å². The summed E-state index contributed by atoms with van der Waals surface area (Å²) in [5.41, 5.74) is 13.2. The second-order valence-corrected chi connectivity index (χ2v) is 8.85. The normalized spacial score (nSPS) is 16.9. The van der Waals surface area contributed by atoms with Crippen molar-refractivity contribution in [3.8, 4) is 16.8 Å². The average molecular weight is 472 g/mol. The Balaban J connectivity index is 1.32. The zero-order valence-corrected chi connectivity index (χ0v) is 18.8. The van der Waals surface area contributed by atoms with Crippen LogP contribution < -0.4 is 10.5 Å². The molecule has 4 aromatic rings. The van der Waals surface area contributed by atoms with Crippen molar-refractivity contribution in [3.05, 3.63) is 83.2 Å². The van der Waals surface area contributed by atoms with Gasteiger partial charge in [0.15, 0.2) is 0 Å². The summed E-state index contributed by atoms with van der Waals surface area (Å²) in [6.07, 6.45) is 9.35. The van der Waals surface area contributed by atoms with E-state index in [9.17, 15) is 5.21 Å². The standard InChI is InChI=1S/C24H20ClN8O/c25-18-3-5-22(32-13-29-30-31-32)20(9-18)17-7-14-1-4-19(24(14)33(34)12-17)21-8-16(11-27-21)15-2-6-23(26)28-10-15/h2-3,5-7,9-13,19,34H,1,4,8H2,(H2,26,28)/q+1. The fourth-order valence-corrected chi connectivity index (χ4v) is 4.95. The van der Waals surface area contributed by atoms with Gasteiger partial charge >= 0.3 is 0 Å². The van der Waals surface area contributed by atoms with Crippen LogP contribution in [0.1, 0.15) is 35.6 Å². The average Bonchev–Trinajstić information content (AvgIpc) is 3.60. The molecule has 1 unspecified atom stereocenters. The van der Waals surface area contributed by atoms with E-state index in [1.807, 2.05) is 24.4 Å². The van der Waals surface area contributed by atoms with Crippen LogP contribution in [-0.2, 0) is 6.42 Å². The van der Waals surface area contributed by atoms with E-state index in [4.69, 9.17) is 22.3 Å². The van der Waals surface area contributed by atoms with Gasteiger partial charge in [-0.3, -0.25) is 10.2 Å². The van der Waals surface area contributed by atoms with E-state index in [1.54, 1.807) is 29.2 Å². The van der Waals surface area contributed by atoms with Crippen LogP contribution in [0.4, 0.5) is 5.82 Å². The maximum absolute atomic E-state index is 11.0. The van der Waals surface area contributed by atoms with E-state index < -0.39 is 0 Å². The highest BCUT2D eigenvalue weighted by molar-refractivity contribution is 6.31. The van der Waals surface area contributed by atoms with Crippen LogP contribution in [0.5, 0.6) is 0 Å². The lowest BCUT2D eigenvalue weighted by Gasteiger charge is -2.11. The summed E-state index contributed by atoms with van der Waals surface area (Å²) in [6.45, 7) is 0. The lowest BCUT2D eigenvalue weighted by atomic mass is 9.94. The largest absolute Gasteiger partial charge is 0.384 e. The lowest BCUT2D eigenvalue weighted by molar-refractivity contribution is -0.909. The Kier molecular flexibility index (Phi) is 4.84. The Hall–Kier alpha value is -4.11. The molecule has 9 nitrogen and oxygen atoms in total. The molecule has 3 aromatic heterocycles. The van der Waals surface area contributed by atoms with Gasteiger partial charge in [0, 0.05) is 45.4 Å². The molecule has 4 heterocycles. The van der Waals surface area contributed by atoms with Gasteiger partial charge in [-0.25, -0.2) is 4.98 Å². The van der Waals surface area contributed by atoms with Crippen LogP contribution >= 0.6 is 11.6 Å². The van der Waals surface area contributed by atoms with Crippen molar-refractivity contribution in [3.63, 3.8) is 0 Å². The molecule has 3 N–H and O–H groups in total. The maximum atomic E-state index is 11.0. The van der Waals surface area contributed by atoms with E-state index in [2.05, 4.69) is 26.6 Å².